The van der Waals surface area contributed by atoms with Crippen molar-refractivity contribution in [2.45, 2.75) is 11.8 Å². The molecule has 1 N–H and O–H groups in total. The molecule has 0 saturated heterocycles. The lowest BCUT2D eigenvalue weighted by Gasteiger charge is -2.16. The van der Waals surface area contributed by atoms with Crippen LogP contribution in [-0.4, -0.2) is 24.8 Å². The second-order valence-electron chi connectivity index (χ2n) is 4.74. The van der Waals surface area contributed by atoms with Crippen molar-refractivity contribution in [2.24, 2.45) is 0 Å². The Morgan fingerprint density at radius 2 is 1.81 bits per heavy atom. The lowest BCUT2D eigenvalue weighted by molar-refractivity contribution is -0.384. The highest BCUT2D eigenvalue weighted by molar-refractivity contribution is 8.07. The Labute approximate surface area is 154 Å². The van der Waals surface area contributed by atoms with Crippen LogP contribution in [0.1, 0.15) is 6.92 Å². The minimum atomic E-state index is -4.22. The van der Waals surface area contributed by atoms with Gasteiger partial charge >= 0.3 is 16.8 Å². The van der Waals surface area contributed by atoms with E-state index in [1.807, 2.05) is 0 Å². The zero-order chi connectivity index (χ0) is 19.4. The van der Waals surface area contributed by atoms with Gasteiger partial charge in [-0.2, -0.15) is 8.42 Å². The van der Waals surface area contributed by atoms with Crippen molar-refractivity contribution in [2.75, 3.05) is 6.61 Å². The molecular weight excluding hydrogens is 405 g/mol. The van der Waals surface area contributed by atoms with Crippen LogP contribution < -0.4 is 8.71 Å². The Kier molecular flexibility index (Phi) is 6.32. The fourth-order valence-corrected chi connectivity index (χ4v) is 4.07. The van der Waals surface area contributed by atoms with E-state index in [9.17, 15) is 23.4 Å². The zero-order valence-corrected chi connectivity index (χ0v) is 15.9. The second kappa shape index (κ2) is 8.11. The van der Waals surface area contributed by atoms with Crippen molar-refractivity contribution in [3.8, 4) is 11.5 Å². The molecule has 9 nitrogen and oxygen atoms in total. The lowest BCUT2D eigenvalue weighted by atomic mass is 10.3. The molecule has 140 valence electrons. The van der Waals surface area contributed by atoms with Gasteiger partial charge in [-0.25, -0.2) is 0 Å². The first kappa shape index (κ1) is 20.3. The van der Waals surface area contributed by atoms with Crippen molar-refractivity contribution >= 4 is 34.3 Å². The smallest absolute Gasteiger partial charge is 0.377 e. The highest BCUT2D eigenvalue weighted by Crippen LogP contribution is 2.44. The van der Waals surface area contributed by atoms with Gasteiger partial charge in [0.15, 0.2) is 0 Å². The van der Waals surface area contributed by atoms with E-state index in [1.165, 1.54) is 24.3 Å². The standard InChI is InChI=1S/C14H14NO8PS2/c1-2-21-24(18,25)22-12-4-3-5-13(10-12)23-26(19,20)14-8-6-11(7-9-14)15(16)17/h3-10H,2H2,1H3,(H,18,25). The summed E-state index contributed by atoms with van der Waals surface area (Å²) in [7, 11) is -4.22. The molecule has 12 heteroatoms. The number of nitrogens with zero attached hydrogens (tertiary/aromatic N) is 1. The number of non-ortho nitro benzene ring substituents is 1. The van der Waals surface area contributed by atoms with Gasteiger partial charge in [0.25, 0.3) is 5.69 Å². The third-order valence-electron chi connectivity index (χ3n) is 2.86. The van der Waals surface area contributed by atoms with Gasteiger partial charge in [0.1, 0.15) is 16.4 Å². The van der Waals surface area contributed by atoms with E-state index in [2.05, 4.69) is 0 Å². The Balaban J connectivity index is 2.20. The molecule has 0 aliphatic heterocycles. The molecule has 0 fully saturated rings. The lowest BCUT2D eigenvalue weighted by Crippen LogP contribution is -2.09. The molecule has 2 rings (SSSR count). The summed E-state index contributed by atoms with van der Waals surface area (Å²) in [5.74, 6) is -0.0203. The molecule has 0 bridgehead atoms. The average molecular weight is 419 g/mol. The fourth-order valence-electron chi connectivity index (χ4n) is 1.81. The molecule has 2 aromatic rings. The summed E-state index contributed by atoms with van der Waals surface area (Å²) >= 11 is 4.80. The van der Waals surface area contributed by atoms with Crippen LogP contribution in [0, 0.1) is 10.1 Å². The Morgan fingerprint density at radius 1 is 1.19 bits per heavy atom. The number of nitro benzene ring substituents is 1. The highest BCUT2D eigenvalue weighted by atomic mass is 32.5. The molecule has 0 radical (unpaired) electrons. The molecule has 0 heterocycles. The van der Waals surface area contributed by atoms with Crippen molar-refractivity contribution in [3.63, 3.8) is 0 Å². The normalized spacial score (nSPS) is 13.6. The van der Waals surface area contributed by atoms with E-state index in [4.69, 9.17) is 25.0 Å². The minimum absolute atomic E-state index is 0.0701. The van der Waals surface area contributed by atoms with Crippen molar-refractivity contribution in [1.82, 2.24) is 0 Å². The second-order valence-corrected chi connectivity index (χ2v) is 9.05. The maximum absolute atomic E-state index is 12.3. The first-order chi connectivity index (χ1) is 12.1. The van der Waals surface area contributed by atoms with E-state index < -0.39 is 21.8 Å². The van der Waals surface area contributed by atoms with Gasteiger partial charge in [-0.15, -0.1) is 0 Å². The van der Waals surface area contributed by atoms with Crippen LogP contribution >= 0.6 is 6.72 Å². The predicted molar refractivity (Wildman–Crippen MR) is 96.1 cm³/mol. The van der Waals surface area contributed by atoms with Gasteiger partial charge in [-0.1, -0.05) is 6.07 Å². The summed E-state index contributed by atoms with van der Waals surface area (Å²) in [6.45, 7) is -1.71. The molecular formula is C14H14NO8PS2. The molecule has 0 aliphatic rings. The Hall–Kier alpha value is -2.04. The summed E-state index contributed by atoms with van der Waals surface area (Å²) in [6, 6.07) is 9.71. The number of benzene rings is 2. The van der Waals surface area contributed by atoms with Gasteiger partial charge < -0.3 is 13.6 Å². The van der Waals surface area contributed by atoms with E-state index in [-0.39, 0.29) is 28.7 Å². The van der Waals surface area contributed by atoms with Crippen molar-refractivity contribution in [3.05, 3.63) is 58.6 Å². The van der Waals surface area contributed by atoms with Crippen LogP contribution in [0.4, 0.5) is 5.69 Å². The average Bonchev–Trinajstić information content (AvgIpc) is 2.54. The largest absolute Gasteiger partial charge is 0.424 e. The maximum Gasteiger partial charge on any atom is 0.377 e. The first-order valence-corrected chi connectivity index (χ1v) is 11.1. The third-order valence-corrected chi connectivity index (χ3v) is 5.69. The minimum Gasteiger partial charge on any atom is -0.424 e. The van der Waals surface area contributed by atoms with E-state index >= 15 is 0 Å². The molecule has 2 aromatic carbocycles. The molecule has 0 spiro atoms. The fraction of sp³-hybridized carbons (Fsp3) is 0.143. The van der Waals surface area contributed by atoms with E-state index in [0.717, 1.165) is 24.3 Å². The van der Waals surface area contributed by atoms with Gasteiger partial charge in [0.05, 0.1) is 11.5 Å². The van der Waals surface area contributed by atoms with Gasteiger partial charge in [0, 0.05) is 30.0 Å². The molecule has 0 amide bonds. The molecule has 1 unspecified atom stereocenters. The number of rotatable bonds is 8. The van der Waals surface area contributed by atoms with Crippen molar-refractivity contribution in [1.29, 1.82) is 0 Å². The van der Waals surface area contributed by atoms with Crippen LogP contribution in [0.2, 0.25) is 0 Å². The van der Waals surface area contributed by atoms with E-state index in [0.29, 0.717) is 0 Å². The van der Waals surface area contributed by atoms with Crippen LogP contribution in [0.3, 0.4) is 0 Å². The van der Waals surface area contributed by atoms with Gasteiger partial charge in [0.2, 0.25) is 0 Å². The van der Waals surface area contributed by atoms with E-state index in [1.54, 1.807) is 6.92 Å². The maximum atomic E-state index is 12.3. The number of nitro groups is 1. The van der Waals surface area contributed by atoms with Crippen LogP contribution in [0.25, 0.3) is 0 Å². The third kappa shape index (κ3) is 5.48. The highest BCUT2D eigenvalue weighted by Gasteiger charge is 2.20. The van der Waals surface area contributed by atoms with Gasteiger partial charge in [-0.05, 0) is 31.2 Å². The molecule has 0 aliphatic carbocycles. The van der Waals surface area contributed by atoms with Crippen molar-refractivity contribution < 1.29 is 31.5 Å². The summed E-state index contributed by atoms with van der Waals surface area (Å²) in [5, 5.41) is 10.6. The summed E-state index contributed by atoms with van der Waals surface area (Å²) in [4.78, 5) is 19.5. The first-order valence-electron chi connectivity index (χ1n) is 7.09. The molecule has 1 atom stereocenters. The summed E-state index contributed by atoms with van der Waals surface area (Å²) < 4.78 is 39.6. The Bertz CT molecular complexity index is 946. The van der Waals surface area contributed by atoms with Gasteiger partial charge in [-0.3, -0.25) is 14.6 Å². The molecule has 0 saturated carbocycles. The SMILES string of the molecule is CCOP(O)(=S)Oc1cccc(OS(=O)(=O)c2ccc([N+](=O)[O-])cc2)c1. The number of hydrogen-bond acceptors (Lipinski definition) is 8. The number of hydrogen-bond donors (Lipinski definition) is 1. The summed E-state index contributed by atoms with van der Waals surface area (Å²) in [5.41, 5.74) is -0.246. The zero-order valence-electron chi connectivity index (χ0n) is 13.3. The topological polar surface area (TPSA) is 125 Å². The molecule has 0 aromatic heterocycles. The van der Waals surface area contributed by atoms with Crippen LogP contribution in [-0.2, 0) is 26.4 Å². The summed E-state index contributed by atoms with van der Waals surface area (Å²) in [6.07, 6.45) is 0. The Morgan fingerprint density at radius 3 is 2.38 bits per heavy atom. The molecule has 26 heavy (non-hydrogen) atoms. The predicted octanol–water partition coefficient (Wildman–Crippen LogP) is 2.99. The van der Waals surface area contributed by atoms with Crippen LogP contribution in [0.5, 0.6) is 11.5 Å². The monoisotopic (exact) mass is 419 g/mol. The van der Waals surface area contributed by atoms with Crippen LogP contribution in [0.15, 0.2) is 53.4 Å². The quantitative estimate of drug-likeness (QED) is 0.297.